The zero-order valence-electron chi connectivity index (χ0n) is 17.0. The van der Waals surface area contributed by atoms with Crippen LogP contribution in [-0.2, 0) is 9.53 Å². The van der Waals surface area contributed by atoms with Crippen molar-refractivity contribution >= 4 is 29.1 Å². The standard InChI is InChI=1S/C22H24N2O5/c1-12-19(14(3)25)13(2)23-20(12)21(27)15(4)29-22(28)16-7-5-8-17(11-16)24-10-6-9-18(24)26/h5,7-8,11,15,23H,6,9-10H2,1-4H3/t15-/m0/s1. The van der Waals surface area contributed by atoms with Crippen LogP contribution in [0.15, 0.2) is 24.3 Å². The van der Waals surface area contributed by atoms with Crippen LogP contribution >= 0.6 is 0 Å². The third-order valence-electron chi connectivity index (χ3n) is 5.16. The maximum atomic E-state index is 12.8. The van der Waals surface area contributed by atoms with E-state index in [1.54, 1.807) is 43.0 Å². The van der Waals surface area contributed by atoms with Gasteiger partial charge in [0.25, 0.3) is 0 Å². The molecule has 152 valence electrons. The van der Waals surface area contributed by atoms with Gasteiger partial charge in [-0.3, -0.25) is 14.4 Å². The second-order valence-corrected chi connectivity index (χ2v) is 7.29. The summed E-state index contributed by atoms with van der Waals surface area (Å²) in [5.74, 6) is -1.16. The van der Waals surface area contributed by atoms with E-state index in [0.717, 1.165) is 6.42 Å². The highest BCUT2D eigenvalue weighted by atomic mass is 16.5. The molecule has 1 atom stereocenters. The number of aromatic nitrogens is 1. The Hall–Kier alpha value is -3.22. The number of hydrogen-bond donors (Lipinski definition) is 1. The molecule has 0 saturated carbocycles. The van der Waals surface area contributed by atoms with Crippen molar-refractivity contribution in [2.45, 2.75) is 46.6 Å². The summed E-state index contributed by atoms with van der Waals surface area (Å²) in [6, 6.07) is 6.63. The van der Waals surface area contributed by atoms with Crippen LogP contribution in [0.1, 0.15) is 69.2 Å². The molecule has 7 heteroatoms. The lowest BCUT2D eigenvalue weighted by Gasteiger charge is -2.17. The first-order chi connectivity index (χ1) is 13.7. The van der Waals surface area contributed by atoms with Gasteiger partial charge in [-0.25, -0.2) is 4.79 Å². The molecule has 7 nitrogen and oxygen atoms in total. The molecular formula is C22H24N2O5. The molecule has 0 spiro atoms. The van der Waals surface area contributed by atoms with Crippen molar-refractivity contribution in [3.63, 3.8) is 0 Å². The number of esters is 1. The van der Waals surface area contributed by atoms with Gasteiger partial charge in [0, 0.05) is 29.9 Å². The predicted octanol–water partition coefficient (Wildman–Crippen LogP) is 3.39. The fraction of sp³-hybridized carbons (Fsp3) is 0.364. The molecule has 1 N–H and O–H groups in total. The van der Waals surface area contributed by atoms with Gasteiger partial charge in [-0.05, 0) is 57.9 Å². The molecule has 29 heavy (non-hydrogen) atoms. The Morgan fingerprint density at radius 2 is 1.93 bits per heavy atom. The van der Waals surface area contributed by atoms with Crippen LogP contribution in [0, 0.1) is 13.8 Å². The summed E-state index contributed by atoms with van der Waals surface area (Å²) in [5.41, 5.74) is 2.82. The fourth-order valence-electron chi connectivity index (χ4n) is 3.73. The van der Waals surface area contributed by atoms with E-state index in [1.807, 2.05) is 0 Å². The molecule has 2 heterocycles. The molecule has 1 saturated heterocycles. The highest BCUT2D eigenvalue weighted by molar-refractivity contribution is 6.06. The molecule has 2 aromatic rings. The van der Waals surface area contributed by atoms with Crippen LogP contribution in [0.5, 0.6) is 0 Å². The molecule has 1 aliphatic rings. The third kappa shape index (κ3) is 3.99. The van der Waals surface area contributed by atoms with Gasteiger partial charge in [-0.2, -0.15) is 0 Å². The number of nitrogens with zero attached hydrogens (tertiary/aromatic N) is 1. The lowest BCUT2D eigenvalue weighted by atomic mass is 10.0. The monoisotopic (exact) mass is 396 g/mol. The molecule has 0 aliphatic carbocycles. The van der Waals surface area contributed by atoms with E-state index in [0.29, 0.717) is 35.5 Å². The number of rotatable bonds is 6. The van der Waals surface area contributed by atoms with Crippen molar-refractivity contribution in [1.82, 2.24) is 4.98 Å². The summed E-state index contributed by atoms with van der Waals surface area (Å²) in [7, 11) is 0. The number of H-pyrrole nitrogens is 1. The predicted molar refractivity (Wildman–Crippen MR) is 108 cm³/mol. The first kappa shape index (κ1) is 20.5. The van der Waals surface area contributed by atoms with Crippen LogP contribution in [0.25, 0.3) is 0 Å². The second-order valence-electron chi connectivity index (χ2n) is 7.29. The van der Waals surface area contributed by atoms with Gasteiger partial charge in [0.1, 0.15) is 0 Å². The van der Waals surface area contributed by atoms with Gasteiger partial charge < -0.3 is 14.6 Å². The number of amides is 1. The fourth-order valence-corrected chi connectivity index (χ4v) is 3.73. The highest BCUT2D eigenvalue weighted by Gasteiger charge is 2.27. The Morgan fingerprint density at radius 1 is 1.21 bits per heavy atom. The first-order valence-corrected chi connectivity index (χ1v) is 9.56. The molecule has 0 radical (unpaired) electrons. The van der Waals surface area contributed by atoms with E-state index in [-0.39, 0.29) is 22.9 Å². The van der Waals surface area contributed by atoms with E-state index < -0.39 is 17.9 Å². The number of ketones is 2. The summed E-state index contributed by atoms with van der Waals surface area (Å²) in [6.45, 7) is 6.98. The van der Waals surface area contributed by atoms with Gasteiger partial charge in [0.2, 0.25) is 11.7 Å². The molecule has 0 unspecified atom stereocenters. The topological polar surface area (TPSA) is 96.5 Å². The number of aromatic amines is 1. The summed E-state index contributed by atoms with van der Waals surface area (Å²) in [5, 5.41) is 0. The molecule has 1 aliphatic heterocycles. The Labute approximate surface area is 169 Å². The Bertz CT molecular complexity index is 1000. The van der Waals surface area contributed by atoms with Crippen molar-refractivity contribution in [1.29, 1.82) is 0 Å². The molecule has 1 aromatic carbocycles. The average molecular weight is 396 g/mol. The number of hydrogen-bond acceptors (Lipinski definition) is 5. The number of anilines is 1. The van der Waals surface area contributed by atoms with Gasteiger partial charge in [-0.15, -0.1) is 0 Å². The number of benzene rings is 1. The Kier molecular flexibility index (Phi) is 5.68. The molecule has 1 fully saturated rings. The first-order valence-electron chi connectivity index (χ1n) is 9.56. The summed E-state index contributed by atoms with van der Waals surface area (Å²) in [6.07, 6.45) is 0.254. The lowest BCUT2D eigenvalue weighted by Crippen LogP contribution is -2.26. The molecule has 1 amide bonds. The Morgan fingerprint density at radius 3 is 2.52 bits per heavy atom. The minimum atomic E-state index is -1.03. The number of nitrogens with one attached hydrogen (secondary N) is 1. The van der Waals surface area contributed by atoms with Crippen LogP contribution in [0.2, 0.25) is 0 Å². The van der Waals surface area contributed by atoms with Crippen LogP contribution in [0.4, 0.5) is 5.69 Å². The van der Waals surface area contributed by atoms with Crippen molar-refractivity contribution in [2.24, 2.45) is 0 Å². The van der Waals surface area contributed by atoms with E-state index >= 15 is 0 Å². The van der Waals surface area contributed by atoms with E-state index in [4.69, 9.17) is 4.74 Å². The molecule has 3 rings (SSSR count). The van der Waals surface area contributed by atoms with Crippen LogP contribution < -0.4 is 4.90 Å². The van der Waals surface area contributed by atoms with Gasteiger partial charge in [-0.1, -0.05) is 6.07 Å². The third-order valence-corrected chi connectivity index (χ3v) is 5.16. The second kappa shape index (κ2) is 8.03. The van der Waals surface area contributed by atoms with Crippen molar-refractivity contribution in [2.75, 3.05) is 11.4 Å². The van der Waals surface area contributed by atoms with Gasteiger partial charge in [0.15, 0.2) is 11.9 Å². The number of ether oxygens (including phenoxy) is 1. The molecule has 0 bridgehead atoms. The molecular weight excluding hydrogens is 372 g/mol. The number of carbonyl (C=O) groups excluding carboxylic acids is 4. The van der Waals surface area contributed by atoms with E-state index in [9.17, 15) is 19.2 Å². The van der Waals surface area contributed by atoms with Crippen molar-refractivity contribution in [3.8, 4) is 0 Å². The largest absolute Gasteiger partial charge is 0.451 e. The maximum Gasteiger partial charge on any atom is 0.338 e. The maximum absolute atomic E-state index is 12.8. The van der Waals surface area contributed by atoms with Crippen LogP contribution in [-0.4, -0.2) is 41.1 Å². The SMILES string of the molecule is CC(=O)c1c(C)[nH]c(C(=O)[C@H](C)OC(=O)c2cccc(N3CCCC3=O)c2)c1C. The van der Waals surface area contributed by atoms with Crippen LogP contribution in [0.3, 0.4) is 0 Å². The zero-order chi connectivity index (χ0) is 21.3. The quantitative estimate of drug-likeness (QED) is 0.596. The Balaban J connectivity index is 1.76. The smallest absolute Gasteiger partial charge is 0.338 e. The summed E-state index contributed by atoms with van der Waals surface area (Å²) >= 11 is 0. The highest BCUT2D eigenvalue weighted by Crippen LogP contribution is 2.24. The van der Waals surface area contributed by atoms with E-state index in [1.165, 1.54) is 13.8 Å². The summed E-state index contributed by atoms with van der Waals surface area (Å²) < 4.78 is 5.36. The minimum absolute atomic E-state index is 0.0259. The average Bonchev–Trinajstić information content (AvgIpc) is 3.23. The normalized spacial score (nSPS) is 14.8. The van der Waals surface area contributed by atoms with Gasteiger partial charge >= 0.3 is 5.97 Å². The minimum Gasteiger partial charge on any atom is -0.451 e. The zero-order valence-corrected chi connectivity index (χ0v) is 17.0. The number of carbonyl (C=O) groups is 4. The molecule has 1 aromatic heterocycles. The number of aryl methyl sites for hydroxylation is 1. The van der Waals surface area contributed by atoms with Crippen molar-refractivity contribution in [3.05, 3.63) is 52.3 Å². The van der Waals surface area contributed by atoms with E-state index in [2.05, 4.69) is 4.98 Å². The lowest BCUT2D eigenvalue weighted by molar-refractivity contribution is -0.117. The summed E-state index contributed by atoms with van der Waals surface area (Å²) in [4.78, 5) is 53.6. The van der Waals surface area contributed by atoms with Crippen molar-refractivity contribution < 1.29 is 23.9 Å². The van der Waals surface area contributed by atoms with Gasteiger partial charge in [0.05, 0.1) is 11.3 Å². The number of Topliss-reactive ketones (excluding diaryl/α,β-unsaturated/α-hetero) is 2.